The van der Waals surface area contributed by atoms with Gasteiger partial charge in [0, 0.05) is 20.2 Å². The molecule has 1 fully saturated rings. The number of methoxy groups -OCH3 is 1. The molecule has 2 unspecified atom stereocenters. The van der Waals surface area contributed by atoms with E-state index in [1.807, 2.05) is 17.4 Å². The summed E-state index contributed by atoms with van der Waals surface area (Å²) in [6.07, 6.45) is 6.95. The lowest BCUT2D eigenvalue weighted by Gasteiger charge is -2.37. The predicted octanol–water partition coefficient (Wildman–Crippen LogP) is 2.81. The Morgan fingerprint density at radius 3 is 2.91 bits per heavy atom. The Kier molecular flexibility index (Phi) is 6.45. The quantitative estimate of drug-likeness (QED) is 0.876. The molecule has 0 radical (unpaired) electrons. The van der Waals surface area contributed by atoms with Gasteiger partial charge in [0.15, 0.2) is 0 Å². The van der Waals surface area contributed by atoms with Gasteiger partial charge >= 0.3 is 6.03 Å². The highest BCUT2D eigenvalue weighted by atomic mass is 16.5. The summed E-state index contributed by atoms with van der Waals surface area (Å²) >= 11 is 0. The topological polar surface area (TPSA) is 59.4 Å². The van der Waals surface area contributed by atoms with Crippen LogP contribution in [0.25, 0.3) is 0 Å². The van der Waals surface area contributed by atoms with E-state index in [1.54, 1.807) is 7.11 Å². The fourth-order valence-electron chi connectivity index (χ4n) is 3.18. The van der Waals surface area contributed by atoms with Gasteiger partial charge in [0.2, 0.25) is 0 Å². The Balaban J connectivity index is 2.12. The number of likely N-dealkylation sites (tertiary alicyclic amines) is 1. The van der Waals surface area contributed by atoms with Gasteiger partial charge in [-0.1, -0.05) is 13.8 Å². The molecule has 0 aromatic carbocycles. The Morgan fingerprint density at radius 2 is 2.26 bits per heavy atom. The van der Waals surface area contributed by atoms with Gasteiger partial charge in [-0.3, -0.25) is 0 Å². The first kappa shape index (κ1) is 17.8. The van der Waals surface area contributed by atoms with Crippen molar-refractivity contribution < 1.29 is 9.53 Å². The van der Waals surface area contributed by atoms with Crippen LogP contribution in [0.15, 0.2) is 12.5 Å². The first-order chi connectivity index (χ1) is 11.1. The summed E-state index contributed by atoms with van der Waals surface area (Å²) in [7, 11) is 1.67. The number of imidazole rings is 1. The van der Waals surface area contributed by atoms with Crippen LogP contribution in [0.1, 0.15) is 51.8 Å². The summed E-state index contributed by atoms with van der Waals surface area (Å²) in [5.41, 5.74) is 1.13. The number of carbonyl (C=O) groups is 1. The van der Waals surface area contributed by atoms with Crippen molar-refractivity contribution in [2.75, 3.05) is 20.3 Å². The number of hydrogen-bond donors (Lipinski definition) is 1. The van der Waals surface area contributed by atoms with Gasteiger partial charge in [-0.15, -0.1) is 0 Å². The summed E-state index contributed by atoms with van der Waals surface area (Å²) in [6.45, 7) is 8.51. The van der Waals surface area contributed by atoms with Crippen molar-refractivity contribution in [2.24, 2.45) is 5.92 Å². The molecule has 130 valence electrons. The van der Waals surface area contributed by atoms with Crippen molar-refractivity contribution in [1.82, 2.24) is 19.8 Å². The highest BCUT2D eigenvalue weighted by Gasteiger charge is 2.31. The van der Waals surface area contributed by atoms with Crippen LogP contribution in [0.2, 0.25) is 0 Å². The molecule has 1 aliphatic heterocycles. The highest BCUT2D eigenvalue weighted by Crippen LogP contribution is 2.30. The fraction of sp³-hybridized carbons (Fsp3) is 0.765. The van der Waals surface area contributed by atoms with Crippen LogP contribution in [0, 0.1) is 5.92 Å². The lowest BCUT2D eigenvalue weighted by atomic mass is 9.99. The van der Waals surface area contributed by atoms with E-state index in [1.165, 1.54) is 0 Å². The number of urea groups is 1. The first-order valence-electron chi connectivity index (χ1n) is 8.64. The Bertz CT molecular complexity index is 501. The van der Waals surface area contributed by atoms with Gasteiger partial charge < -0.3 is 19.5 Å². The number of nitrogens with one attached hydrogen (secondary N) is 1. The fourth-order valence-corrected chi connectivity index (χ4v) is 3.18. The first-order valence-corrected chi connectivity index (χ1v) is 8.64. The number of ether oxygens (including phenoxy) is 1. The maximum atomic E-state index is 12.8. The van der Waals surface area contributed by atoms with E-state index >= 15 is 0 Å². The molecule has 0 saturated carbocycles. The highest BCUT2D eigenvalue weighted by molar-refractivity contribution is 5.75. The van der Waals surface area contributed by atoms with Crippen molar-refractivity contribution in [3.8, 4) is 0 Å². The number of piperidine rings is 1. The summed E-state index contributed by atoms with van der Waals surface area (Å²) < 4.78 is 7.37. The summed E-state index contributed by atoms with van der Waals surface area (Å²) in [5, 5.41) is 3.15. The second kappa shape index (κ2) is 8.34. The van der Waals surface area contributed by atoms with Crippen LogP contribution in [-0.2, 0) is 11.3 Å². The molecular formula is C17H30N4O2. The molecule has 1 saturated heterocycles. The average molecular weight is 322 g/mol. The zero-order valence-corrected chi connectivity index (χ0v) is 14.8. The molecular weight excluding hydrogens is 292 g/mol. The Labute approximate surface area is 139 Å². The average Bonchev–Trinajstić information content (AvgIpc) is 3.02. The smallest absolute Gasteiger partial charge is 0.318 e. The van der Waals surface area contributed by atoms with Crippen LogP contribution < -0.4 is 5.32 Å². The lowest BCUT2D eigenvalue weighted by Crippen LogP contribution is -2.51. The molecule has 2 atom stereocenters. The third kappa shape index (κ3) is 4.25. The van der Waals surface area contributed by atoms with Crippen LogP contribution in [-0.4, -0.2) is 46.8 Å². The molecule has 2 rings (SSSR count). The van der Waals surface area contributed by atoms with Gasteiger partial charge in [0.05, 0.1) is 36.9 Å². The third-order valence-electron chi connectivity index (χ3n) is 4.65. The minimum atomic E-state index is 0.00861. The summed E-state index contributed by atoms with van der Waals surface area (Å²) in [4.78, 5) is 19.1. The van der Waals surface area contributed by atoms with Crippen molar-refractivity contribution in [3.63, 3.8) is 0 Å². The van der Waals surface area contributed by atoms with Crippen molar-refractivity contribution in [3.05, 3.63) is 18.2 Å². The van der Waals surface area contributed by atoms with Gasteiger partial charge in [-0.2, -0.15) is 0 Å². The van der Waals surface area contributed by atoms with Gasteiger partial charge in [0.25, 0.3) is 0 Å². The Hall–Kier alpha value is -1.56. The number of amides is 2. The van der Waals surface area contributed by atoms with E-state index in [2.05, 4.69) is 35.6 Å². The molecule has 1 aromatic rings. The number of rotatable bonds is 6. The summed E-state index contributed by atoms with van der Waals surface area (Å²) in [6, 6.07) is 0.155. The minimum absolute atomic E-state index is 0.00861. The molecule has 6 nitrogen and oxygen atoms in total. The zero-order valence-electron chi connectivity index (χ0n) is 14.8. The van der Waals surface area contributed by atoms with Crippen molar-refractivity contribution >= 4 is 6.03 Å². The molecule has 6 heteroatoms. The maximum Gasteiger partial charge on any atom is 0.318 e. The molecule has 23 heavy (non-hydrogen) atoms. The predicted molar refractivity (Wildman–Crippen MR) is 90.2 cm³/mol. The van der Waals surface area contributed by atoms with Crippen LogP contribution in [0.5, 0.6) is 0 Å². The summed E-state index contributed by atoms with van der Waals surface area (Å²) in [5.74, 6) is 0.336. The van der Waals surface area contributed by atoms with Gasteiger partial charge in [-0.05, 0) is 32.1 Å². The van der Waals surface area contributed by atoms with Crippen LogP contribution in [0.4, 0.5) is 4.79 Å². The molecule has 2 heterocycles. The lowest BCUT2D eigenvalue weighted by molar-refractivity contribution is 0.120. The molecule has 0 aliphatic carbocycles. The molecule has 2 amide bonds. The molecule has 1 aromatic heterocycles. The molecule has 1 aliphatic rings. The number of aromatic nitrogens is 2. The van der Waals surface area contributed by atoms with E-state index in [0.29, 0.717) is 12.5 Å². The second-order valence-electron chi connectivity index (χ2n) is 6.56. The van der Waals surface area contributed by atoms with E-state index in [-0.39, 0.29) is 18.1 Å². The van der Waals surface area contributed by atoms with Gasteiger partial charge in [0.1, 0.15) is 0 Å². The van der Waals surface area contributed by atoms with E-state index < -0.39 is 0 Å². The molecule has 0 bridgehead atoms. The van der Waals surface area contributed by atoms with E-state index in [0.717, 1.165) is 38.0 Å². The maximum absolute atomic E-state index is 12.8. The largest absolute Gasteiger partial charge is 0.383 e. The number of nitrogens with zero attached hydrogens (tertiary/aromatic N) is 3. The second-order valence-corrected chi connectivity index (χ2v) is 6.56. The number of hydrogen-bond acceptors (Lipinski definition) is 3. The SMILES string of the molecule is CCn1cncc1C1CCCCN1C(=O)NC(COC)C(C)C. The number of carbonyl (C=O) groups excluding carboxylic acids is 1. The number of aryl methyl sites for hydroxylation is 1. The minimum Gasteiger partial charge on any atom is -0.383 e. The molecule has 1 N–H and O–H groups in total. The monoisotopic (exact) mass is 322 g/mol. The Morgan fingerprint density at radius 1 is 1.48 bits per heavy atom. The normalized spacial score (nSPS) is 19.9. The third-order valence-corrected chi connectivity index (χ3v) is 4.65. The molecule has 0 spiro atoms. The van der Waals surface area contributed by atoms with Crippen molar-refractivity contribution in [2.45, 2.75) is 58.7 Å². The van der Waals surface area contributed by atoms with E-state index in [4.69, 9.17) is 4.74 Å². The van der Waals surface area contributed by atoms with Gasteiger partial charge in [-0.25, -0.2) is 9.78 Å². The standard InChI is InChI=1S/C17H30N4O2/c1-5-20-12-18-10-16(20)15-8-6-7-9-21(15)17(22)19-14(11-23-4)13(2)3/h10,12-15H,5-9,11H2,1-4H3,(H,19,22). The zero-order chi connectivity index (χ0) is 16.8. The van der Waals surface area contributed by atoms with E-state index in [9.17, 15) is 4.79 Å². The van der Waals surface area contributed by atoms with Crippen molar-refractivity contribution in [1.29, 1.82) is 0 Å². The van der Waals surface area contributed by atoms with Crippen LogP contribution in [0.3, 0.4) is 0 Å². The van der Waals surface area contributed by atoms with Crippen LogP contribution >= 0.6 is 0 Å².